The minimum absolute atomic E-state index is 0.350. The van der Waals surface area contributed by atoms with Gasteiger partial charge in [-0.3, -0.25) is 4.72 Å². The van der Waals surface area contributed by atoms with Crippen molar-refractivity contribution in [2.75, 3.05) is 20.3 Å². The molecule has 0 spiro atoms. The van der Waals surface area contributed by atoms with Crippen LogP contribution in [0.3, 0.4) is 0 Å². The van der Waals surface area contributed by atoms with Gasteiger partial charge in [-0.2, -0.15) is 4.13 Å². The van der Waals surface area contributed by atoms with Gasteiger partial charge in [0.05, 0.1) is 6.67 Å². The molecule has 0 aliphatic heterocycles. The summed E-state index contributed by atoms with van der Waals surface area (Å²) in [4.78, 5) is 0. The highest BCUT2D eigenvalue weighted by atomic mass is 32.8. The molecule has 0 saturated carbocycles. The van der Waals surface area contributed by atoms with Crippen LogP contribution >= 0.6 is 12.1 Å². The van der Waals surface area contributed by atoms with Crippen LogP contribution in [0.25, 0.3) is 0 Å². The maximum absolute atomic E-state index is 5.02. The Morgan fingerprint density at radius 1 is 1.55 bits per heavy atom. The minimum atomic E-state index is -0.350. The summed E-state index contributed by atoms with van der Waals surface area (Å²) in [6.45, 7) is 3.76. The average Bonchev–Trinajstić information content (AvgIpc) is 2.01. The van der Waals surface area contributed by atoms with Crippen LogP contribution in [0.1, 0.15) is 6.92 Å². The molecule has 1 unspecified atom stereocenters. The first-order valence-corrected chi connectivity index (χ1v) is 6.22. The van der Waals surface area contributed by atoms with Gasteiger partial charge in [-0.05, 0) is 24.8 Å². The maximum Gasteiger partial charge on any atom is 0.0566 e. The molecule has 0 bridgehead atoms. The Hall–Kier alpha value is 0.760. The zero-order valence-electron chi connectivity index (χ0n) is 6.64. The lowest BCUT2D eigenvalue weighted by Gasteiger charge is -2.07. The summed E-state index contributed by atoms with van der Waals surface area (Å²) < 4.78 is 8.94. The molecule has 0 aromatic rings. The van der Waals surface area contributed by atoms with Gasteiger partial charge in [-0.25, -0.2) is 4.72 Å². The monoisotopic (exact) mass is 214 g/mol. The van der Waals surface area contributed by atoms with E-state index in [4.69, 9.17) is 11.2 Å². The molecule has 7 heteroatoms. The molecule has 0 aliphatic rings. The van der Waals surface area contributed by atoms with Crippen LogP contribution in [0.5, 0.6) is 0 Å². The molecule has 0 aromatic carbocycles. The van der Waals surface area contributed by atoms with Gasteiger partial charge in [0.2, 0.25) is 0 Å². The fourth-order valence-corrected chi connectivity index (χ4v) is 1.94. The lowest BCUT2D eigenvalue weighted by Crippen LogP contribution is -2.34. The highest BCUT2D eigenvalue weighted by Crippen LogP contribution is 1.81. The second-order valence-corrected chi connectivity index (χ2v) is 4.69. The molecular formula is C4H14N4S3. The molecule has 0 radical (unpaired) electrons. The largest absolute Gasteiger partial charge is 0.304 e. The summed E-state index contributed by atoms with van der Waals surface area (Å²) in [6, 6.07) is 0. The molecule has 11 heavy (non-hydrogen) atoms. The van der Waals surface area contributed by atoms with E-state index in [1.54, 1.807) is 0 Å². The zero-order valence-corrected chi connectivity index (χ0v) is 9.09. The van der Waals surface area contributed by atoms with Crippen molar-refractivity contribution in [3.8, 4) is 0 Å². The van der Waals surface area contributed by atoms with Crippen molar-refractivity contribution >= 4 is 33.1 Å². The molecule has 4 nitrogen and oxygen atoms in total. The molecule has 0 heterocycles. The van der Waals surface area contributed by atoms with E-state index in [0.29, 0.717) is 0 Å². The average molecular weight is 214 g/mol. The van der Waals surface area contributed by atoms with Crippen molar-refractivity contribution < 1.29 is 0 Å². The van der Waals surface area contributed by atoms with Crippen molar-refractivity contribution in [3.05, 3.63) is 0 Å². The van der Waals surface area contributed by atoms with Crippen molar-refractivity contribution in [1.82, 2.24) is 18.9 Å². The van der Waals surface area contributed by atoms with Crippen LogP contribution in [0.4, 0.5) is 0 Å². The Kier molecular flexibility index (Phi) is 9.46. The van der Waals surface area contributed by atoms with E-state index in [1.807, 2.05) is 7.05 Å². The predicted octanol–water partition coefficient (Wildman–Crippen LogP) is -0.575. The highest BCUT2D eigenvalue weighted by molar-refractivity contribution is 8.30. The Labute approximate surface area is 79.4 Å². The third-order valence-electron chi connectivity index (χ3n) is 0.798. The summed E-state index contributed by atoms with van der Waals surface area (Å²) in [7, 11) is 1.49. The first-order valence-electron chi connectivity index (χ1n) is 3.25. The Bertz CT molecular complexity index is 110. The van der Waals surface area contributed by atoms with Crippen LogP contribution in [0.15, 0.2) is 0 Å². The van der Waals surface area contributed by atoms with Gasteiger partial charge >= 0.3 is 0 Å². The lowest BCUT2D eigenvalue weighted by molar-refractivity contribution is 0.711. The molecule has 0 aliphatic carbocycles. The number of hydrogen-bond acceptors (Lipinski definition) is 4. The summed E-state index contributed by atoms with van der Waals surface area (Å²) in [5.41, 5.74) is 0. The molecule has 0 rings (SSSR count). The highest BCUT2D eigenvalue weighted by Gasteiger charge is 1.89. The summed E-state index contributed by atoms with van der Waals surface area (Å²) in [6.07, 6.45) is 0. The zero-order chi connectivity index (χ0) is 8.53. The smallest absolute Gasteiger partial charge is 0.0566 e. The number of nitrogens with one attached hydrogen (secondary N) is 4. The maximum atomic E-state index is 5.02. The SMILES string of the molecule is CCNCNS(=S)NSNC. The first-order chi connectivity index (χ1) is 5.31. The van der Waals surface area contributed by atoms with Gasteiger partial charge in [0.25, 0.3) is 0 Å². The fraction of sp³-hybridized carbons (Fsp3) is 1.00. The van der Waals surface area contributed by atoms with Gasteiger partial charge in [-0.1, -0.05) is 6.92 Å². The van der Waals surface area contributed by atoms with E-state index in [9.17, 15) is 0 Å². The number of hydrogen-bond donors (Lipinski definition) is 4. The quantitative estimate of drug-likeness (QED) is 0.259. The summed E-state index contributed by atoms with van der Waals surface area (Å²) >= 11 is 6.41. The first kappa shape index (κ1) is 11.8. The van der Waals surface area contributed by atoms with Gasteiger partial charge in [0, 0.05) is 22.0 Å². The van der Waals surface area contributed by atoms with Crippen LogP contribution in [-0.2, 0) is 21.0 Å². The number of rotatable bonds is 7. The van der Waals surface area contributed by atoms with Crippen molar-refractivity contribution in [1.29, 1.82) is 0 Å². The van der Waals surface area contributed by atoms with Gasteiger partial charge < -0.3 is 5.32 Å². The van der Waals surface area contributed by atoms with E-state index in [0.717, 1.165) is 13.2 Å². The van der Waals surface area contributed by atoms with E-state index < -0.39 is 0 Å². The standard InChI is InChI=1S/C4H14N4S3/c1-3-6-4-7-11(9)8-10-5-2/h5-8H,3-4H2,1-2H3. The van der Waals surface area contributed by atoms with Crippen LogP contribution in [0.2, 0.25) is 0 Å². The van der Waals surface area contributed by atoms with E-state index in [-0.39, 0.29) is 9.83 Å². The van der Waals surface area contributed by atoms with E-state index in [2.05, 4.69) is 25.8 Å². The molecule has 0 fully saturated rings. The third-order valence-corrected chi connectivity index (χ3v) is 3.31. The van der Waals surface area contributed by atoms with Gasteiger partial charge in [-0.15, -0.1) is 0 Å². The van der Waals surface area contributed by atoms with Crippen LogP contribution < -0.4 is 18.9 Å². The third kappa shape index (κ3) is 8.67. The second-order valence-electron chi connectivity index (χ2n) is 1.58. The van der Waals surface area contributed by atoms with Gasteiger partial charge in [0.1, 0.15) is 0 Å². The second kappa shape index (κ2) is 8.85. The molecule has 1 atom stereocenters. The van der Waals surface area contributed by atoms with E-state index >= 15 is 0 Å². The Morgan fingerprint density at radius 2 is 2.27 bits per heavy atom. The van der Waals surface area contributed by atoms with Crippen LogP contribution in [0, 0.1) is 0 Å². The minimum Gasteiger partial charge on any atom is -0.304 e. The van der Waals surface area contributed by atoms with Crippen LogP contribution in [-0.4, -0.2) is 20.3 Å². The van der Waals surface area contributed by atoms with Gasteiger partial charge in [0.15, 0.2) is 0 Å². The Morgan fingerprint density at radius 3 is 2.82 bits per heavy atom. The van der Waals surface area contributed by atoms with Crippen molar-refractivity contribution in [2.24, 2.45) is 0 Å². The summed E-state index contributed by atoms with van der Waals surface area (Å²) in [5.74, 6) is 0. The van der Waals surface area contributed by atoms with E-state index in [1.165, 1.54) is 12.1 Å². The Balaban J connectivity index is 3.09. The molecular weight excluding hydrogens is 200 g/mol. The topological polar surface area (TPSA) is 48.1 Å². The molecule has 0 amide bonds. The molecule has 0 aromatic heterocycles. The lowest BCUT2D eigenvalue weighted by atomic mass is 10.8. The fourth-order valence-electron chi connectivity index (χ4n) is 0.351. The molecule has 4 N–H and O–H groups in total. The van der Waals surface area contributed by atoms with Crippen molar-refractivity contribution in [3.63, 3.8) is 0 Å². The summed E-state index contributed by atoms with van der Waals surface area (Å²) in [5, 5.41) is 3.12. The predicted molar refractivity (Wildman–Crippen MR) is 56.2 cm³/mol. The van der Waals surface area contributed by atoms with Crippen molar-refractivity contribution in [2.45, 2.75) is 6.92 Å². The molecule has 0 saturated heterocycles. The molecule has 68 valence electrons. The normalized spacial score (nSPS) is 13.3.